The van der Waals surface area contributed by atoms with E-state index in [9.17, 15) is 9.90 Å². The van der Waals surface area contributed by atoms with Crippen LogP contribution >= 0.6 is 0 Å². The lowest BCUT2D eigenvalue weighted by atomic mass is 10.1. The molecule has 0 aromatic heterocycles. The third-order valence-electron chi connectivity index (χ3n) is 3.50. The summed E-state index contributed by atoms with van der Waals surface area (Å²) in [5.74, 6) is 1.50. The minimum atomic E-state index is -0.226. The van der Waals surface area contributed by atoms with Crippen LogP contribution in [0.1, 0.15) is 15.9 Å². The first-order chi connectivity index (χ1) is 11.6. The van der Waals surface area contributed by atoms with Crippen LogP contribution in [0.3, 0.4) is 0 Å². The van der Waals surface area contributed by atoms with Gasteiger partial charge in [0.25, 0.3) is 0 Å². The number of carbonyl (C=O) groups excluding carboxylic acids is 1. The highest BCUT2D eigenvalue weighted by Crippen LogP contribution is 2.35. The highest BCUT2D eigenvalue weighted by atomic mass is 16.5. The van der Waals surface area contributed by atoms with Gasteiger partial charge in [0.15, 0.2) is 17.3 Å². The van der Waals surface area contributed by atoms with E-state index >= 15 is 0 Å². The largest absolute Gasteiger partial charge is 0.508 e. The molecule has 1 N–H and O–H groups in total. The molecule has 2 aromatic carbocycles. The van der Waals surface area contributed by atoms with Crippen molar-refractivity contribution in [3.8, 4) is 23.0 Å². The van der Waals surface area contributed by atoms with Gasteiger partial charge in [-0.2, -0.15) is 0 Å². The van der Waals surface area contributed by atoms with Crippen LogP contribution in [0, 0.1) is 0 Å². The summed E-state index contributed by atoms with van der Waals surface area (Å²) in [7, 11) is 1.54. The van der Waals surface area contributed by atoms with Crippen molar-refractivity contribution in [3.63, 3.8) is 0 Å². The number of hydrogen-bond donors (Lipinski definition) is 1. The number of aromatic hydroxyl groups is 1. The molecule has 122 valence electrons. The maximum absolute atomic E-state index is 12.3. The summed E-state index contributed by atoms with van der Waals surface area (Å²) >= 11 is 0. The molecule has 1 aliphatic rings. The van der Waals surface area contributed by atoms with Gasteiger partial charge in [0.2, 0.25) is 5.78 Å². The van der Waals surface area contributed by atoms with Crippen LogP contribution < -0.4 is 14.2 Å². The Balaban J connectivity index is 1.89. The molecule has 0 saturated heterocycles. The van der Waals surface area contributed by atoms with Crippen molar-refractivity contribution in [1.29, 1.82) is 0 Å². The molecule has 1 heterocycles. The first kappa shape index (κ1) is 15.7. The molecule has 0 fully saturated rings. The van der Waals surface area contributed by atoms with Crippen LogP contribution in [0.2, 0.25) is 0 Å². The number of phenols is 1. The number of ether oxygens (including phenoxy) is 3. The van der Waals surface area contributed by atoms with E-state index in [0.29, 0.717) is 29.4 Å². The van der Waals surface area contributed by atoms with Crippen LogP contribution in [0.5, 0.6) is 23.0 Å². The summed E-state index contributed by atoms with van der Waals surface area (Å²) in [6.45, 7) is 3.98. The van der Waals surface area contributed by atoms with E-state index < -0.39 is 0 Å². The standard InChI is InChI=1S/C19H16O5/c1-3-8-23-15-7-4-12(9-17(15)22-2)10-18-19(21)14-6-5-13(20)11-16(14)24-18/h3-7,9-11,20H,1,8H2,2H3/b18-10-. The molecule has 2 aromatic rings. The number of carbonyl (C=O) groups is 1. The minimum absolute atomic E-state index is 0.0492. The maximum Gasteiger partial charge on any atom is 0.231 e. The molecule has 0 radical (unpaired) electrons. The Kier molecular flexibility index (Phi) is 4.24. The fourth-order valence-corrected chi connectivity index (χ4v) is 2.37. The monoisotopic (exact) mass is 324 g/mol. The average molecular weight is 324 g/mol. The Morgan fingerprint density at radius 1 is 1.21 bits per heavy atom. The second kappa shape index (κ2) is 6.50. The molecule has 5 heteroatoms. The van der Waals surface area contributed by atoms with Crippen molar-refractivity contribution < 1.29 is 24.1 Å². The summed E-state index contributed by atoms with van der Waals surface area (Å²) < 4.78 is 16.3. The fraction of sp³-hybridized carbons (Fsp3) is 0.105. The summed E-state index contributed by atoms with van der Waals surface area (Å²) in [6, 6.07) is 9.72. The molecular weight excluding hydrogens is 308 g/mol. The number of benzene rings is 2. The van der Waals surface area contributed by atoms with Crippen LogP contribution in [-0.4, -0.2) is 24.6 Å². The Morgan fingerprint density at radius 3 is 2.79 bits per heavy atom. The Bertz CT molecular complexity index is 836. The maximum atomic E-state index is 12.3. The van der Waals surface area contributed by atoms with Crippen molar-refractivity contribution in [2.75, 3.05) is 13.7 Å². The van der Waals surface area contributed by atoms with E-state index in [4.69, 9.17) is 14.2 Å². The Labute approximate surface area is 139 Å². The lowest BCUT2D eigenvalue weighted by Crippen LogP contribution is -1.99. The predicted octanol–water partition coefficient (Wildman–Crippen LogP) is 3.58. The molecule has 3 rings (SSSR count). The van der Waals surface area contributed by atoms with Crippen molar-refractivity contribution in [3.05, 3.63) is 65.9 Å². The van der Waals surface area contributed by atoms with E-state index in [1.165, 1.54) is 12.1 Å². The summed E-state index contributed by atoms with van der Waals surface area (Å²) in [4.78, 5) is 12.3. The number of phenolic OH excluding ortho intramolecular Hbond substituents is 1. The van der Waals surface area contributed by atoms with Gasteiger partial charge in [0.1, 0.15) is 18.1 Å². The van der Waals surface area contributed by atoms with E-state index in [-0.39, 0.29) is 17.3 Å². The van der Waals surface area contributed by atoms with Crippen LogP contribution in [0.4, 0.5) is 0 Å². The van der Waals surface area contributed by atoms with Crippen LogP contribution in [-0.2, 0) is 0 Å². The van der Waals surface area contributed by atoms with Crippen LogP contribution in [0.25, 0.3) is 6.08 Å². The normalized spacial score (nSPS) is 14.2. The van der Waals surface area contributed by atoms with E-state index in [0.717, 1.165) is 5.56 Å². The lowest BCUT2D eigenvalue weighted by Gasteiger charge is -2.10. The topological polar surface area (TPSA) is 65.0 Å². The number of Topliss-reactive ketones (excluding diaryl/α,β-unsaturated/α-hetero) is 1. The zero-order chi connectivity index (χ0) is 17.1. The van der Waals surface area contributed by atoms with Gasteiger partial charge in [-0.05, 0) is 35.9 Å². The van der Waals surface area contributed by atoms with Gasteiger partial charge in [-0.25, -0.2) is 0 Å². The number of ketones is 1. The zero-order valence-corrected chi connectivity index (χ0v) is 13.1. The molecule has 1 aliphatic heterocycles. The summed E-state index contributed by atoms with van der Waals surface area (Å²) in [5, 5.41) is 9.48. The number of allylic oxidation sites excluding steroid dienone is 1. The highest BCUT2D eigenvalue weighted by molar-refractivity contribution is 6.14. The van der Waals surface area contributed by atoms with Gasteiger partial charge in [-0.15, -0.1) is 0 Å². The summed E-state index contributed by atoms with van der Waals surface area (Å²) in [6.07, 6.45) is 3.27. The van der Waals surface area contributed by atoms with Gasteiger partial charge in [-0.3, -0.25) is 4.79 Å². The van der Waals surface area contributed by atoms with Crippen LogP contribution in [0.15, 0.2) is 54.8 Å². The Morgan fingerprint density at radius 2 is 2.04 bits per heavy atom. The smallest absolute Gasteiger partial charge is 0.231 e. The number of rotatable bonds is 5. The molecule has 0 amide bonds. The molecule has 0 spiro atoms. The quantitative estimate of drug-likeness (QED) is 0.673. The molecular formula is C19H16O5. The first-order valence-corrected chi connectivity index (χ1v) is 7.31. The zero-order valence-electron chi connectivity index (χ0n) is 13.1. The molecule has 0 saturated carbocycles. The van der Waals surface area contributed by atoms with Crippen molar-refractivity contribution in [2.24, 2.45) is 0 Å². The van der Waals surface area contributed by atoms with Gasteiger partial charge in [-0.1, -0.05) is 18.7 Å². The molecule has 0 unspecified atom stereocenters. The molecule has 0 aliphatic carbocycles. The number of fused-ring (bicyclic) bond motifs is 1. The number of hydrogen-bond acceptors (Lipinski definition) is 5. The van der Waals surface area contributed by atoms with Crippen molar-refractivity contribution in [1.82, 2.24) is 0 Å². The van der Waals surface area contributed by atoms with Gasteiger partial charge in [0, 0.05) is 6.07 Å². The first-order valence-electron chi connectivity index (χ1n) is 7.31. The van der Waals surface area contributed by atoms with Crippen molar-refractivity contribution in [2.45, 2.75) is 0 Å². The Hall–Kier alpha value is -3.21. The molecule has 0 atom stereocenters. The van der Waals surface area contributed by atoms with Crippen molar-refractivity contribution >= 4 is 11.9 Å². The van der Waals surface area contributed by atoms with E-state index in [2.05, 4.69) is 6.58 Å². The molecule has 24 heavy (non-hydrogen) atoms. The summed E-state index contributed by atoms with van der Waals surface area (Å²) in [5.41, 5.74) is 1.16. The number of methoxy groups -OCH3 is 1. The SMILES string of the molecule is C=CCOc1ccc(/C=C2\Oc3cc(O)ccc3C2=O)cc1OC. The second-order valence-electron chi connectivity index (χ2n) is 5.13. The minimum Gasteiger partial charge on any atom is -0.508 e. The van der Waals surface area contributed by atoms with Gasteiger partial charge >= 0.3 is 0 Å². The van der Waals surface area contributed by atoms with E-state index in [1.807, 2.05) is 0 Å². The highest BCUT2D eigenvalue weighted by Gasteiger charge is 2.27. The van der Waals surface area contributed by atoms with Gasteiger partial charge in [0.05, 0.1) is 12.7 Å². The lowest BCUT2D eigenvalue weighted by molar-refractivity contribution is 0.101. The molecule has 0 bridgehead atoms. The van der Waals surface area contributed by atoms with Gasteiger partial charge < -0.3 is 19.3 Å². The second-order valence-corrected chi connectivity index (χ2v) is 5.13. The molecule has 5 nitrogen and oxygen atoms in total. The predicted molar refractivity (Wildman–Crippen MR) is 89.7 cm³/mol. The third kappa shape index (κ3) is 2.96. The average Bonchev–Trinajstić information content (AvgIpc) is 2.88. The third-order valence-corrected chi connectivity index (χ3v) is 3.50. The fourth-order valence-electron chi connectivity index (χ4n) is 2.37. The van der Waals surface area contributed by atoms with E-state index in [1.54, 1.807) is 43.5 Å².